The molecule has 1 aromatic rings. The van der Waals surface area contributed by atoms with E-state index in [0.717, 1.165) is 11.8 Å². The zero-order valence-electron chi connectivity index (χ0n) is 15.3. The van der Waals surface area contributed by atoms with Gasteiger partial charge in [0.2, 0.25) is 0 Å². The maximum Gasteiger partial charge on any atom is 0.0963 e. The third kappa shape index (κ3) is 5.01. The molecule has 2 nitrogen and oxygen atoms in total. The summed E-state index contributed by atoms with van der Waals surface area (Å²) in [6, 6.07) is 9.00. The van der Waals surface area contributed by atoms with Gasteiger partial charge in [0.1, 0.15) is 0 Å². The predicted octanol–water partition coefficient (Wildman–Crippen LogP) is 4.33. The minimum Gasteiger partial charge on any atom is -0.360 e. The Bertz CT molecular complexity index is 441. The van der Waals surface area contributed by atoms with Crippen molar-refractivity contribution in [3.63, 3.8) is 0 Å². The topological polar surface area (TPSA) is 3.24 Å². The van der Waals surface area contributed by atoms with Gasteiger partial charge in [0.05, 0.1) is 39.8 Å². The lowest BCUT2D eigenvalue weighted by atomic mass is 9.98. The molecule has 1 aliphatic heterocycles. The summed E-state index contributed by atoms with van der Waals surface area (Å²) < 4.78 is 1.25. The van der Waals surface area contributed by atoms with Crippen molar-refractivity contribution in [2.24, 2.45) is 11.8 Å². The van der Waals surface area contributed by atoms with E-state index in [1.165, 1.54) is 61.3 Å². The van der Waals surface area contributed by atoms with Gasteiger partial charge in [0.15, 0.2) is 0 Å². The van der Waals surface area contributed by atoms with Crippen molar-refractivity contribution in [1.82, 2.24) is 0 Å². The first-order valence-corrected chi connectivity index (χ1v) is 9.03. The quantitative estimate of drug-likeness (QED) is 0.707. The Labute approximate surface area is 137 Å². The second kappa shape index (κ2) is 7.50. The highest BCUT2D eigenvalue weighted by Crippen LogP contribution is 2.22. The highest BCUT2D eigenvalue weighted by Gasteiger charge is 2.30. The molecule has 0 N–H and O–H groups in total. The van der Waals surface area contributed by atoms with Gasteiger partial charge in [-0.05, 0) is 31.4 Å². The molecule has 0 spiro atoms. The maximum absolute atomic E-state index is 2.55. The number of hydrogen-bond acceptors (Lipinski definition) is 1. The number of anilines is 1. The van der Waals surface area contributed by atoms with Gasteiger partial charge < -0.3 is 9.38 Å². The Balaban J connectivity index is 1.83. The first kappa shape index (κ1) is 17.3. The minimum atomic E-state index is 0.839. The van der Waals surface area contributed by atoms with E-state index in [2.05, 4.69) is 63.9 Å². The van der Waals surface area contributed by atoms with Gasteiger partial charge >= 0.3 is 0 Å². The fraction of sp³-hybridized carbons (Fsp3) is 0.700. The van der Waals surface area contributed by atoms with Gasteiger partial charge in [-0.1, -0.05) is 44.9 Å². The third-order valence-electron chi connectivity index (χ3n) is 5.21. The Morgan fingerprint density at radius 3 is 2.14 bits per heavy atom. The molecule has 0 aromatic heterocycles. The molecular formula is C20H35N2+. The van der Waals surface area contributed by atoms with Crippen LogP contribution in [0.4, 0.5) is 5.69 Å². The summed E-state index contributed by atoms with van der Waals surface area (Å²) in [5, 5.41) is 0. The molecule has 1 atom stereocenters. The van der Waals surface area contributed by atoms with Crippen molar-refractivity contribution in [2.45, 2.75) is 40.5 Å². The summed E-state index contributed by atoms with van der Waals surface area (Å²) in [4.78, 5) is 2.55. The van der Waals surface area contributed by atoms with Crippen LogP contribution in [0.25, 0.3) is 0 Å². The van der Waals surface area contributed by atoms with E-state index in [-0.39, 0.29) is 0 Å². The normalized spacial score (nSPS) is 19.5. The average molecular weight is 304 g/mol. The summed E-state index contributed by atoms with van der Waals surface area (Å²) in [6.45, 7) is 15.6. The second-order valence-electron chi connectivity index (χ2n) is 8.15. The fourth-order valence-electron chi connectivity index (χ4n) is 3.61. The molecule has 1 fully saturated rings. The molecule has 0 radical (unpaired) electrons. The van der Waals surface area contributed by atoms with Crippen LogP contribution in [0.3, 0.4) is 0 Å². The molecule has 0 bridgehead atoms. The van der Waals surface area contributed by atoms with Gasteiger partial charge in [-0.2, -0.15) is 0 Å². The molecule has 1 unspecified atom stereocenters. The van der Waals surface area contributed by atoms with Crippen LogP contribution in [0.5, 0.6) is 0 Å². The molecule has 1 aliphatic rings. The molecular weight excluding hydrogens is 268 g/mol. The molecule has 1 aromatic carbocycles. The van der Waals surface area contributed by atoms with Crippen molar-refractivity contribution >= 4 is 5.69 Å². The molecule has 0 saturated carbocycles. The smallest absolute Gasteiger partial charge is 0.0963 e. The molecule has 1 saturated heterocycles. The van der Waals surface area contributed by atoms with Crippen LogP contribution in [-0.4, -0.2) is 44.3 Å². The van der Waals surface area contributed by atoms with Crippen molar-refractivity contribution in [1.29, 1.82) is 0 Å². The van der Waals surface area contributed by atoms with Crippen molar-refractivity contribution in [3.05, 3.63) is 29.8 Å². The predicted molar refractivity (Wildman–Crippen MR) is 97.4 cm³/mol. The molecule has 124 valence electrons. The van der Waals surface area contributed by atoms with E-state index in [9.17, 15) is 0 Å². The van der Waals surface area contributed by atoms with E-state index in [0.29, 0.717) is 0 Å². The Morgan fingerprint density at radius 2 is 1.59 bits per heavy atom. The van der Waals surface area contributed by atoms with Gasteiger partial charge in [-0.15, -0.1) is 0 Å². The standard InChI is InChI=1S/C20H35N2/c1-17(2)6-7-19(4)16-22(5)14-12-21(13-15-22)20-10-8-18(3)9-11-20/h8-11,17,19H,6-7,12-16H2,1-5H3/q+1. The van der Waals surface area contributed by atoms with E-state index in [1.54, 1.807) is 0 Å². The zero-order chi connectivity index (χ0) is 16.2. The van der Waals surface area contributed by atoms with Gasteiger partial charge in [-0.3, -0.25) is 0 Å². The summed E-state index contributed by atoms with van der Waals surface area (Å²) in [7, 11) is 2.46. The van der Waals surface area contributed by atoms with Crippen LogP contribution < -0.4 is 4.90 Å². The summed E-state index contributed by atoms with van der Waals surface area (Å²) in [5.74, 6) is 1.68. The van der Waals surface area contributed by atoms with Crippen LogP contribution in [0, 0.1) is 18.8 Å². The summed E-state index contributed by atoms with van der Waals surface area (Å²) >= 11 is 0. The van der Waals surface area contributed by atoms with Crippen LogP contribution in [-0.2, 0) is 0 Å². The van der Waals surface area contributed by atoms with Crippen molar-refractivity contribution in [3.8, 4) is 0 Å². The van der Waals surface area contributed by atoms with Crippen molar-refractivity contribution < 1.29 is 4.48 Å². The Morgan fingerprint density at radius 1 is 1.00 bits per heavy atom. The number of hydrogen-bond donors (Lipinski definition) is 0. The number of piperazine rings is 1. The molecule has 0 aliphatic carbocycles. The summed E-state index contributed by atoms with van der Waals surface area (Å²) in [6.07, 6.45) is 2.75. The number of rotatable bonds is 6. The maximum atomic E-state index is 2.55. The number of benzene rings is 1. The van der Waals surface area contributed by atoms with E-state index < -0.39 is 0 Å². The Hall–Kier alpha value is -1.02. The minimum absolute atomic E-state index is 0.839. The molecule has 22 heavy (non-hydrogen) atoms. The highest BCUT2D eigenvalue weighted by molar-refractivity contribution is 5.47. The first-order chi connectivity index (χ1) is 10.4. The Kier molecular flexibility index (Phi) is 5.91. The first-order valence-electron chi connectivity index (χ1n) is 9.03. The number of nitrogens with zero attached hydrogens (tertiary/aromatic N) is 2. The average Bonchev–Trinajstić information content (AvgIpc) is 2.47. The lowest BCUT2D eigenvalue weighted by molar-refractivity contribution is -0.913. The monoisotopic (exact) mass is 303 g/mol. The SMILES string of the molecule is Cc1ccc(N2CC[N+](C)(CC(C)CCC(C)C)CC2)cc1. The highest BCUT2D eigenvalue weighted by atomic mass is 15.4. The number of aryl methyl sites for hydroxylation is 1. The van der Waals surface area contributed by atoms with E-state index in [1.807, 2.05) is 0 Å². The number of likely N-dealkylation sites (N-methyl/N-ethyl adjacent to an activating group) is 1. The van der Waals surface area contributed by atoms with Crippen LogP contribution in [0.2, 0.25) is 0 Å². The van der Waals surface area contributed by atoms with Gasteiger partial charge in [0.25, 0.3) is 0 Å². The van der Waals surface area contributed by atoms with Gasteiger partial charge in [0, 0.05) is 11.6 Å². The van der Waals surface area contributed by atoms with E-state index >= 15 is 0 Å². The largest absolute Gasteiger partial charge is 0.360 e. The lowest BCUT2D eigenvalue weighted by Crippen LogP contribution is -2.58. The van der Waals surface area contributed by atoms with E-state index in [4.69, 9.17) is 0 Å². The zero-order valence-corrected chi connectivity index (χ0v) is 15.3. The summed E-state index contributed by atoms with van der Waals surface area (Å²) in [5.41, 5.74) is 2.74. The van der Waals surface area contributed by atoms with Crippen LogP contribution in [0.15, 0.2) is 24.3 Å². The second-order valence-corrected chi connectivity index (χ2v) is 8.15. The lowest BCUT2D eigenvalue weighted by Gasteiger charge is -2.44. The van der Waals surface area contributed by atoms with Crippen molar-refractivity contribution in [2.75, 3.05) is 44.7 Å². The fourth-order valence-corrected chi connectivity index (χ4v) is 3.61. The third-order valence-corrected chi connectivity index (χ3v) is 5.21. The molecule has 0 amide bonds. The van der Waals surface area contributed by atoms with Crippen LogP contribution in [0.1, 0.15) is 39.2 Å². The molecule has 1 heterocycles. The van der Waals surface area contributed by atoms with Crippen LogP contribution >= 0.6 is 0 Å². The van der Waals surface area contributed by atoms with Gasteiger partial charge in [-0.25, -0.2) is 0 Å². The molecule has 2 heteroatoms. The molecule has 2 rings (SSSR count). The number of quaternary nitrogens is 1.